The van der Waals surface area contributed by atoms with Gasteiger partial charge in [0.15, 0.2) is 6.04 Å². The highest BCUT2D eigenvalue weighted by Crippen LogP contribution is 2.41. The van der Waals surface area contributed by atoms with Gasteiger partial charge >= 0.3 is 12.0 Å². The minimum absolute atomic E-state index is 0.458. The molecule has 2 aromatic rings. The van der Waals surface area contributed by atoms with Gasteiger partial charge in [-0.15, -0.1) is 10.5 Å². The largest absolute Gasteiger partial charge is 0.508 e. The molecule has 0 radical (unpaired) electrons. The molecule has 132 valence electrons. The van der Waals surface area contributed by atoms with Gasteiger partial charge in [0.2, 0.25) is 0 Å². The Morgan fingerprint density at radius 2 is 1.84 bits per heavy atom. The maximum atomic E-state index is 12.8. The van der Waals surface area contributed by atoms with E-state index in [1.54, 1.807) is 0 Å². The number of aromatic nitrogens is 3. The molecule has 0 saturated carbocycles. The van der Waals surface area contributed by atoms with Crippen LogP contribution in [0, 0.1) is 10.1 Å². The number of halogens is 3. The van der Waals surface area contributed by atoms with Crippen molar-refractivity contribution in [1.29, 1.82) is 0 Å². The number of phenols is 3. The van der Waals surface area contributed by atoms with Crippen LogP contribution in [-0.2, 0) is 6.18 Å². The molecular formula is C11H7F3N6O5. The number of fused-ring (bicyclic) bond motifs is 1. The van der Waals surface area contributed by atoms with Gasteiger partial charge in [-0.1, -0.05) is 0 Å². The average Bonchev–Trinajstić information content (AvgIpc) is 2.90. The van der Waals surface area contributed by atoms with Crippen molar-refractivity contribution in [3.63, 3.8) is 0 Å². The predicted octanol–water partition coefficient (Wildman–Crippen LogP) is 1.02. The van der Waals surface area contributed by atoms with E-state index in [0.29, 0.717) is 4.68 Å². The number of hydrazone groups is 1. The minimum atomic E-state index is -4.94. The number of nitrogens with zero attached hydrogens (tertiary/aromatic N) is 5. The Hall–Kier alpha value is -3.58. The molecule has 0 aliphatic carbocycles. The van der Waals surface area contributed by atoms with Crippen molar-refractivity contribution in [3.05, 3.63) is 33.6 Å². The van der Waals surface area contributed by atoms with Gasteiger partial charge in [-0.2, -0.15) is 18.2 Å². The molecule has 1 aromatic carbocycles. The molecule has 1 atom stereocenters. The molecule has 2 heterocycles. The number of anilines is 1. The normalized spacial score (nSPS) is 16.8. The third kappa shape index (κ3) is 2.62. The molecule has 0 spiro atoms. The van der Waals surface area contributed by atoms with Crippen LogP contribution in [0.5, 0.6) is 17.2 Å². The molecule has 1 aliphatic rings. The van der Waals surface area contributed by atoms with Gasteiger partial charge in [-0.05, 0) is 4.92 Å². The van der Waals surface area contributed by atoms with Crippen LogP contribution < -0.4 is 5.43 Å². The summed E-state index contributed by atoms with van der Waals surface area (Å²) in [6.45, 7) is 0. The third-order valence-corrected chi connectivity index (χ3v) is 3.23. The molecule has 3 rings (SSSR count). The van der Waals surface area contributed by atoms with Gasteiger partial charge in [0, 0.05) is 12.1 Å². The minimum Gasteiger partial charge on any atom is -0.508 e. The van der Waals surface area contributed by atoms with Crippen molar-refractivity contribution in [1.82, 2.24) is 14.8 Å². The lowest BCUT2D eigenvalue weighted by Crippen LogP contribution is -2.33. The topological polar surface area (TPSA) is 159 Å². The van der Waals surface area contributed by atoms with Crippen LogP contribution >= 0.6 is 0 Å². The number of hydrogen-bond acceptors (Lipinski definition) is 9. The monoisotopic (exact) mass is 360 g/mol. The molecule has 0 amide bonds. The summed E-state index contributed by atoms with van der Waals surface area (Å²) in [4.78, 5) is 13.3. The molecule has 1 aliphatic heterocycles. The van der Waals surface area contributed by atoms with Crippen LogP contribution in [-0.4, -0.2) is 40.8 Å². The first-order valence-electron chi connectivity index (χ1n) is 6.36. The Balaban J connectivity index is 2.25. The molecule has 0 fully saturated rings. The van der Waals surface area contributed by atoms with Crippen LogP contribution in [0.15, 0.2) is 17.2 Å². The molecule has 4 N–H and O–H groups in total. The van der Waals surface area contributed by atoms with E-state index in [4.69, 9.17) is 0 Å². The average molecular weight is 360 g/mol. The zero-order chi connectivity index (χ0) is 18.5. The number of hydrogen-bond donors (Lipinski definition) is 4. The first-order chi connectivity index (χ1) is 11.6. The van der Waals surface area contributed by atoms with Crippen molar-refractivity contribution < 1.29 is 33.4 Å². The molecule has 0 saturated heterocycles. The summed E-state index contributed by atoms with van der Waals surface area (Å²) in [6, 6.07) is -0.332. The third-order valence-electron chi connectivity index (χ3n) is 3.23. The number of amidine groups is 1. The number of rotatable bonds is 1. The number of benzene rings is 1. The van der Waals surface area contributed by atoms with Gasteiger partial charge < -0.3 is 25.4 Å². The van der Waals surface area contributed by atoms with Crippen LogP contribution in [0.2, 0.25) is 0 Å². The van der Waals surface area contributed by atoms with Crippen LogP contribution in [0.1, 0.15) is 17.4 Å². The first-order valence-corrected chi connectivity index (χ1v) is 6.36. The summed E-state index contributed by atoms with van der Waals surface area (Å²) >= 11 is 0. The van der Waals surface area contributed by atoms with E-state index in [0.717, 1.165) is 12.1 Å². The molecular weight excluding hydrogens is 353 g/mol. The molecule has 14 heteroatoms. The smallest absolute Gasteiger partial charge is 0.453 e. The lowest BCUT2D eigenvalue weighted by atomic mass is 10.0. The molecule has 1 unspecified atom stereocenters. The van der Waals surface area contributed by atoms with E-state index < -0.39 is 57.6 Å². The molecule has 25 heavy (non-hydrogen) atoms. The van der Waals surface area contributed by atoms with Gasteiger partial charge in [0.1, 0.15) is 17.2 Å². The van der Waals surface area contributed by atoms with Crippen molar-refractivity contribution in [2.75, 3.05) is 5.43 Å². The summed E-state index contributed by atoms with van der Waals surface area (Å²) < 4.78 is 38.9. The molecule has 1 aromatic heterocycles. The maximum Gasteiger partial charge on any atom is 0.453 e. The second-order valence-corrected chi connectivity index (χ2v) is 4.84. The fraction of sp³-hybridized carbons (Fsp3) is 0.182. The Bertz CT molecular complexity index is 885. The Kier molecular flexibility index (Phi) is 3.40. The zero-order valence-electron chi connectivity index (χ0n) is 11.8. The van der Waals surface area contributed by atoms with Crippen molar-refractivity contribution in [3.8, 4) is 17.2 Å². The standard InChI is InChI=1S/C11H7F3N6O5/c12-11(13,14)9-15-10-17-16-8(20(24)25)7(19(10)18-9)6-4(22)1-3(21)2-5(6)23/h1-2,7,21-23H,(H,15,17,18). The highest BCUT2D eigenvalue weighted by molar-refractivity contribution is 5.86. The number of nitro groups is 1. The van der Waals surface area contributed by atoms with Crippen LogP contribution in [0.4, 0.5) is 19.1 Å². The second kappa shape index (κ2) is 5.22. The highest BCUT2D eigenvalue weighted by atomic mass is 19.4. The van der Waals surface area contributed by atoms with E-state index in [1.165, 1.54) is 0 Å². The fourth-order valence-corrected chi connectivity index (χ4v) is 2.26. The lowest BCUT2D eigenvalue weighted by Gasteiger charge is -2.20. The van der Waals surface area contributed by atoms with E-state index in [1.807, 2.05) is 5.43 Å². The molecule has 0 bridgehead atoms. The molecule has 11 nitrogen and oxygen atoms in total. The predicted molar refractivity (Wildman–Crippen MR) is 72.7 cm³/mol. The van der Waals surface area contributed by atoms with Crippen molar-refractivity contribution in [2.45, 2.75) is 12.2 Å². The lowest BCUT2D eigenvalue weighted by molar-refractivity contribution is -0.355. The summed E-state index contributed by atoms with van der Waals surface area (Å²) in [5, 5.41) is 46.8. The quantitative estimate of drug-likeness (QED) is 0.433. The second-order valence-electron chi connectivity index (χ2n) is 4.84. The van der Waals surface area contributed by atoms with Crippen molar-refractivity contribution >= 4 is 11.8 Å². The first kappa shape index (κ1) is 16.3. The zero-order valence-corrected chi connectivity index (χ0v) is 11.8. The van der Waals surface area contributed by atoms with E-state index in [-0.39, 0.29) is 0 Å². The van der Waals surface area contributed by atoms with E-state index >= 15 is 0 Å². The highest BCUT2D eigenvalue weighted by Gasteiger charge is 2.45. The van der Waals surface area contributed by atoms with Gasteiger partial charge in [0.05, 0.1) is 10.7 Å². The summed E-state index contributed by atoms with van der Waals surface area (Å²) in [6.07, 6.45) is -4.94. The van der Waals surface area contributed by atoms with Crippen LogP contribution in [0.25, 0.3) is 0 Å². The Morgan fingerprint density at radius 3 is 2.36 bits per heavy atom. The summed E-state index contributed by atoms with van der Waals surface area (Å²) in [5.41, 5.74) is 1.39. The maximum absolute atomic E-state index is 12.8. The van der Waals surface area contributed by atoms with Gasteiger partial charge in [-0.3, -0.25) is 0 Å². The number of nitrogens with one attached hydrogen (secondary N) is 1. The van der Waals surface area contributed by atoms with Gasteiger partial charge in [-0.25, -0.2) is 4.68 Å². The SMILES string of the molecule is O=[N+]([O-])C1=NNc2nc(C(F)(F)F)nn2C1c1c(O)cc(O)cc1O. The van der Waals surface area contributed by atoms with Crippen molar-refractivity contribution in [2.24, 2.45) is 5.10 Å². The Labute approximate surface area is 134 Å². The van der Waals surface area contributed by atoms with E-state index in [9.17, 15) is 38.6 Å². The summed E-state index contributed by atoms with van der Waals surface area (Å²) in [5.74, 6) is -5.33. The fourth-order valence-electron chi connectivity index (χ4n) is 2.26. The number of phenolic OH excluding ortho intramolecular Hbond substituents is 3. The number of alkyl halides is 3. The van der Waals surface area contributed by atoms with Crippen LogP contribution in [0.3, 0.4) is 0 Å². The van der Waals surface area contributed by atoms with E-state index in [2.05, 4.69) is 15.2 Å². The summed E-state index contributed by atoms with van der Waals surface area (Å²) in [7, 11) is 0. The van der Waals surface area contributed by atoms with Gasteiger partial charge in [0.25, 0.3) is 11.8 Å². The number of aromatic hydroxyl groups is 3. The Morgan fingerprint density at radius 1 is 1.24 bits per heavy atom.